The van der Waals surface area contributed by atoms with Crippen LogP contribution in [0.25, 0.3) is 0 Å². The molecule has 0 radical (unpaired) electrons. The van der Waals surface area contributed by atoms with E-state index in [1.165, 1.54) is 0 Å². The van der Waals surface area contributed by atoms with E-state index in [0.717, 1.165) is 12.7 Å². The fourth-order valence-corrected chi connectivity index (χ4v) is 1.03. The third-order valence-corrected chi connectivity index (χ3v) is 2.02. The average Bonchev–Trinajstić information content (AvgIpc) is 2.18. The monoisotopic (exact) mass is 192 g/mol. The molecule has 0 fully saturated rings. The lowest BCUT2D eigenvalue weighted by molar-refractivity contribution is -0.107. The molecule has 1 nitrogen and oxygen atoms in total. The van der Waals surface area contributed by atoms with Gasteiger partial charge >= 0.3 is 0 Å². The third kappa shape index (κ3) is 7.53. The van der Waals surface area contributed by atoms with Gasteiger partial charge in [0.05, 0.1) is 0 Å². The summed E-state index contributed by atoms with van der Waals surface area (Å²) in [6.07, 6.45) is 12.7. The van der Waals surface area contributed by atoms with Gasteiger partial charge in [-0.15, -0.1) is 6.58 Å². The van der Waals surface area contributed by atoms with Crippen molar-refractivity contribution in [3.8, 4) is 0 Å². The molecule has 0 aromatic carbocycles. The first-order valence-electron chi connectivity index (χ1n) is 5.10. The third-order valence-electron chi connectivity index (χ3n) is 2.02. The Balaban J connectivity index is 3.72. The molecule has 0 amide bonds. The van der Waals surface area contributed by atoms with E-state index in [9.17, 15) is 4.79 Å². The van der Waals surface area contributed by atoms with Crippen molar-refractivity contribution < 1.29 is 4.79 Å². The molecule has 0 aromatic heterocycles. The fourth-order valence-electron chi connectivity index (χ4n) is 1.03. The number of aldehydes is 1. The van der Waals surface area contributed by atoms with Gasteiger partial charge in [-0.25, -0.2) is 0 Å². The van der Waals surface area contributed by atoms with E-state index in [1.54, 1.807) is 0 Å². The Labute approximate surface area is 87.2 Å². The molecule has 0 aliphatic rings. The zero-order valence-electron chi connectivity index (χ0n) is 9.15. The highest BCUT2D eigenvalue weighted by atomic mass is 16.1. The molecule has 0 heterocycles. The second-order valence-corrected chi connectivity index (χ2v) is 3.57. The number of carbonyl (C=O) groups is 1. The van der Waals surface area contributed by atoms with E-state index < -0.39 is 0 Å². The minimum Gasteiger partial charge on any atom is -0.303 e. The minimum atomic E-state index is 0.446. The molecule has 0 rings (SSSR count). The Bertz CT molecular complexity index is 213. The van der Waals surface area contributed by atoms with Crippen molar-refractivity contribution in [3.63, 3.8) is 0 Å². The quantitative estimate of drug-likeness (QED) is 0.445. The highest BCUT2D eigenvalue weighted by Gasteiger charge is 1.93. The van der Waals surface area contributed by atoms with Gasteiger partial charge in [0.15, 0.2) is 0 Å². The lowest BCUT2D eigenvalue weighted by atomic mass is 10.0. The number of carbonyl (C=O) groups excluding carboxylic acids is 1. The molecule has 0 saturated carbocycles. The summed E-state index contributed by atoms with van der Waals surface area (Å²) in [5.74, 6) is 0.948. The van der Waals surface area contributed by atoms with Crippen LogP contribution in [0.3, 0.4) is 0 Å². The van der Waals surface area contributed by atoms with E-state index in [4.69, 9.17) is 0 Å². The molecular formula is C13H20O. The normalized spacial score (nSPS) is 15.9. The van der Waals surface area contributed by atoms with Crippen LogP contribution >= 0.6 is 0 Å². The van der Waals surface area contributed by atoms with Gasteiger partial charge in [0, 0.05) is 6.42 Å². The molecule has 0 bridgehead atoms. The molecule has 1 heteroatoms. The van der Waals surface area contributed by atoms with Crippen molar-refractivity contribution in [3.05, 3.63) is 37.0 Å². The lowest BCUT2D eigenvalue weighted by Gasteiger charge is -2.01. The Morgan fingerprint density at radius 2 is 1.93 bits per heavy atom. The van der Waals surface area contributed by atoms with E-state index in [0.29, 0.717) is 18.3 Å². The van der Waals surface area contributed by atoms with Gasteiger partial charge in [-0.1, -0.05) is 44.2 Å². The fraction of sp³-hybridized carbons (Fsp3) is 0.462. The van der Waals surface area contributed by atoms with Crippen LogP contribution in [0, 0.1) is 11.8 Å². The molecular weight excluding hydrogens is 172 g/mol. The minimum absolute atomic E-state index is 0.446. The van der Waals surface area contributed by atoms with Crippen LogP contribution in [-0.2, 0) is 4.79 Å². The molecule has 78 valence electrons. The first-order valence-corrected chi connectivity index (χ1v) is 5.10. The first-order chi connectivity index (χ1) is 6.70. The van der Waals surface area contributed by atoms with Gasteiger partial charge < -0.3 is 4.79 Å². The van der Waals surface area contributed by atoms with E-state index >= 15 is 0 Å². The predicted octanol–water partition coefficient (Wildman–Crippen LogP) is 3.54. The predicted molar refractivity (Wildman–Crippen MR) is 62.1 cm³/mol. The van der Waals surface area contributed by atoms with Crippen LogP contribution in [0.4, 0.5) is 0 Å². The second-order valence-electron chi connectivity index (χ2n) is 3.57. The van der Waals surface area contributed by atoms with E-state index in [1.807, 2.05) is 12.2 Å². The highest BCUT2D eigenvalue weighted by molar-refractivity contribution is 5.51. The van der Waals surface area contributed by atoms with Crippen molar-refractivity contribution in [2.45, 2.75) is 26.7 Å². The largest absolute Gasteiger partial charge is 0.303 e. The van der Waals surface area contributed by atoms with Crippen LogP contribution in [0.15, 0.2) is 37.0 Å². The van der Waals surface area contributed by atoms with E-state index in [2.05, 4.69) is 38.7 Å². The lowest BCUT2D eigenvalue weighted by Crippen LogP contribution is -1.87. The van der Waals surface area contributed by atoms with Gasteiger partial charge in [-0.05, 0) is 18.3 Å². The van der Waals surface area contributed by atoms with Gasteiger partial charge in [0.25, 0.3) is 0 Å². The molecule has 0 N–H and O–H groups in total. The molecule has 0 saturated heterocycles. The van der Waals surface area contributed by atoms with Crippen molar-refractivity contribution in [2.24, 2.45) is 11.8 Å². The molecule has 2 atom stereocenters. The smallest absolute Gasteiger partial charge is 0.123 e. The maximum atomic E-state index is 10.1. The maximum Gasteiger partial charge on any atom is 0.123 e. The van der Waals surface area contributed by atoms with Gasteiger partial charge in [-0.3, -0.25) is 0 Å². The summed E-state index contributed by atoms with van der Waals surface area (Å²) in [6, 6.07) is 0. The van der Waals surface area contributed by atoms with Gasteiger partial charge in [-0.2, -0.15) is 0 Å². The van der Waals surface area contributed by atoms with Crippen LogP contribution in [0.5, 0.6) is 0 Å². The zero-order valence-corrected chi connectivity index (χ0v) is 9.15. The summed E-state index contributed by atoms with van der Waals surface area (Å²) < 4.78 is 0. The molecule has 0 spiro atoms. The van der Waals surface area contributed by atoms with Gasteiger partial charge in [0.2, 0.25) is 0 Å². The molecule has 14 heavy (non-hydrogen) atoms. The highest BCUT2D eigenvalue weighted by Crippen LogP contribution is 2.07. The standard InChI is InChI=1S/C13H20O/c1-4-12(2)9-7-10-13(3)8-5-6-11-14/h4-5,7-9,11-13H,1,6,10H2,2-3H3. The molecule has 0 aromatic rings. The summed E-state index contributed by atoms with van der Waals surface area (Å²) in [7, 11) is 0. The van der Waals surface area contributed by atoms with Gasteiger partial charge in [0.1, 0.15) is 6.29 Å². The Morgan fingerprint density at radius 3 is 2.50 bits per heavy atom. The van der Waals surface area contributed by atoms with Crippen LogP contribution in [0.1, 0.15) is 26.7 Å². The zero-order chi connectivity index (χ0) is 10.8. The Hall–Kier alpha value is -1.11. The Morgan fingerprint density at radius 1 is 1.21 bits per heavy atom. The number of rotatable bonds is 7. The summed E-state index contributed by atoms with van der Waals surface area (Å²) in [4.78, 5) is 10.1. The number of hydrogen-bond donors (Lipinski definition) is 0. The summed E-state index contributed by atoms with van der Waals surface area (Å²) in [5.41, 5.74) is 0. The topological polar surface area (TPSA) is 17.1 Å². The average molecular weight is 192 g/mol. The van der Waals surface area contributed by atoms with Crippen molar-refractivity contribution in [1.82, 2.24) is 0 Å². The molecule has 0 aliphatic heterocycles. The van der Waals surface area contributed by atoms with Crippen molar-refractivity contribution >= 4 is 6.29 Å². The maximum absolute atomic E-state index is 10.1. The summed E-state index contributed by atoms with van der Waals surface area (Å²) >= 11 is 0. The molecule has 0 aliphatic carbocycles. The van der Waals surface area contributed by atoms with Crippen molar-refractivity contribution in [2.75, 3.05) is 0 Å². The summed E-state index contributed by atoms with van der Waals surface area (Å²) in [5, 5.41) is 0. The van der Waals surface area contributed by atoms with Crippen LogP contribution in [0.2, 0.25) is 0 Å². The van der Waals surface area contributed by atoms with Crippen LogP contribution < -0.4 is 0 Å². The SMILES string of the molecule is C=CC(C)C=CCC(C)C=CCC=O. The number of allylic oxidation sites excluding steroid dienone is 5. The first kappa shape index (κ1) is 12.9. The Kier molecular flexibility index (Phi) is 7.81. The second kappa shape index (κ2) is 8.49. The number of hydrogen-bond acceptors (Lipinski definition) is 1. The summed E-state index contributed by atoms with van der Waals surface area (Å²) in [6.45, 7) is 7.97. The van der Waals surface area contributed by atoms with Crippen LogP contribution in [-0.4, -0.2) is 6.29 Å². The molecule has 2 unspecified atom stereocenters. The van der Waals surface area contributed by atoms with Crippen molar-refractivity contribution in [1.29, 1.82) is 0 Å². The van der Waals surface area contributed by atoms with E-state index in [-0.39, 0.29) is 0 Å².